The Morgan fingerprint density at radius 1 is 1.12 bits per heavy atom. The molecule has 0 aliphatic rings. The second-order valence-corrected chi connectivity index (χ2v) is 4.60. The number of nitrogens with one attached hydrogen (secondary N) is 1. The van der Waals surface area contributed by atoms with Crippen LogP contribution in [-0.4, -0.2) is 10.2 Å². The highest BCUT2D eigenvalue weighted by molar-refractivity contribution is 5.59. The van der Waals surface area contributed by atoms with Gasteiger partial charge < -0.3 is 0 Å². The van der Waals surface area contributed by atoms with Gasteiger partial charge in [0.25, 0.3) is 0 Å². The van der Waals surface area contributed by atoms with Gasteiger partial charge in [-0.3, -0.25) is 5.10 Å². The summed E-state index contributed by atoms with van der Waals surface area (Å²) in [6.45, 7) is 4.33. The number of unbranched alkanes of at least 4 members (excludes halogenated alkanes) is 2. The summed E-state index contributed by atoms with van der Waals surface area (Å²) in [6.07, 6.45) is 4.90. The molecule has 0 radical (unpaired) electrons. The minimum atomic E-state index is 1.05. The summed E-state index contributed by atoms with van der Waals surface area (Å²) in [5, 5.41) is 7.50. The van der Waals surface area contributed by atoms with E-state index in [0.29, 0.717) is 0 Å². The first-order valence-electron chi connectivity index (χ1n) is 6.41. The van der Waals surface area contributed by atoms with Crippen LogP contribution in [0.15, 0.2) is 30.3 Å². The van der Waals surface area contributed by atoms with Gasteiger partial charge in [0, 0.05) is 11.3 Å². The Balaban J connectivity index is 2.04. The monoisotopic (exact) mass is 228 g/mol. The maximum absolute atomic E-state index is 4.37. The van der Waals surface area contributed by atoms with Crippen LogP contribution in [0, 0.1) is 6.92 Å². The van der Waals surface area contributed by atoms with Crippen LogP contribution in [0.3, 0.4) is 0 Å². The molecule has 1 aromatic carbocycles. The molecule has 0 saturated carbocycles. The first-order chi connectivity index (χ1) is 8.29. The molecule has 0 aliphatic heterocycles. The van der Waals surface area contributed by atoms with Crippen molar-refractivity contribution in [1.29, 1.82) is 0 Å². The van der Waals surface area contributed by atoms with Gasteiger partial charge in [-0.2, -0.15) is 5.10 Å². The molecular weight excluding hydrogens is 208 g/mol. The summed E-state index contributed by atoms with van der Waals surface area (Å²) < 4.78 is 0. The SMILES string of the molecule is CCCCCc1cc(-c2ccc(C)cc2)n[nH]1. The van der Waals surface area contributed by atoms with Crippen molar-refractivity contribution in [2.24, 2.45) is 0 Å². The number of aromatic amines is 1. The molecule has 0 fully saturated rings. The molecule has 0 bridgehead atoms. The van der Waals surface area contributed by atoms with Crippen LogP contribution in [0.1, 0.15) is 37.4 Å². The van der Waals surface area contributed by atoms with Gasteiger partial charge in [0.1, 0.15) is 0 Å². The van der Waals surface area contributed by atoms with Gasteiger partial charge in [0.2, 0.25) is 0 Å². The van der Waals surface area contributed by atoms with Crippen molar-refractivity contribution in [3.05, 3.63) is 41.6 Å². The van der Waals surface area contributed by atoms with E-state index in [-0.39, 0.29) is 0 Å². The molecule has 0 saturated heterocycles. The van der Waals surface area contributed by atoms with E-state index in [9.17, 15) is 0 Å². The Morgan fingerprint density at radius 3 is 2.59 bits per heavy atom. The van der Waals surface area contributed by atoms with Gasteiger partial charge in [-0.25, -0.2) is 0 Å². The van der Waals surface area contributed by atoms with Crippen molar-refractivity contribution in [3.63, 3.8) is 0 Å². The molecule has 2 heteroatoms. The van der Waals surface area contributed by atoms with Gasteiger partial charge in [0.05, 0.1) is 5.69 Å². The molecule has 2 rings (SSSR count). The predicted octanol–water partition coefficient (Wildman–Crippen LogP) is 4.12. The molecule has 0 aliphatic carbocycles. The van der Waals surface area contributed by atoms with Crippen molar-refractivity contribution in [3.8, 4) is 11.3 Å². The molecule has 1 N–H and O–H groups in total. The number of aryl methyl sites for hydroxylation is 2. The fraction of sp³-hybridized carbons (Fsp3) is 0.400. The van der Waals surface area contributed by atoms with Crippen LogP contribution < -0.4 is 0 Å². The minimum Gasteiger partial charge on any atom is -0.282 e. The summed E-state index contributed by atoms with van der Waals surface area (Å²) >= 11 is 0. The zero-order chi connectivity index (χ0) is 12.1. The number of hydrogen-bond donors (Lipinski definition) is 1. The summed E-state index contributed by atoms with van der Waals surface area (Å²) in [6, 6.07) is 10.7. The van der Waals surface area contributed by atoms with Gasteiger partial charge >= 0.3 is 0 Å². The van der Waals surface area contributed by atoms with E-state index in [0.717, 1.165) is 12.1 Å². The lowest BCUT2D eigenvalue weighted by atomic mass is 10.1. The lowest BCUT2D eigenvalue weighted by Crippen LogP contribution is -1.84. The fourth-order valence-corrected chi connectivity index (χ4v) is 1.93. The maximum Gasteiger partial charge on any atom is 0.0923 e. The summed E-state index contributed by atoms with van der Waals surface area (Å²) in [4.78, 5) is 0. The molecule has 1 aromatic heterocycles. The Morgan fingerprint density at radius 2 is 1.88 bits per heavy atom. The predicted molar refractivity (Wildman–Crippen MR) is 72.0 cm³/mol. The highest BCUT2D eigenvalue weighted by Gasteiger charge is 2.03. The van der Waals surface area contributed by atoms with Crippen molar-refractivity contribution in [2.45, 2.75) is 39.5 Å². The van der Waals surface area contributed by atoms with Crippen LogP contribution in [0.4, 0.5) is 0 Å². The molecule has 2 aromatic rings. The van der Waals surface area contributed by atoms with E-state index in [1.54, 1.807) is 0 Å². The van der Waals surface area contributed by atoms with Crippen LogP contribution in [0.2, 0.25) is 0 Å². The molecule has 0 atom stereocenters. The van der Waals surface area contributed by atoms with E-state index >= 15 is 0 Å². The van der Waals surface area contributed by atoms with Gasteiger partial charge in [-0.15, -0.1) is 0 Å². The minimum absolute atomic E-state index is 1.05. The normalized spacial score (nSPS) is 10.7. The van der Waals surface area contributed by atoms with E-state index in [2.05, 4.69) is 54.4 Å². The first kappa shape index (κ1) is 11.9. The van der Waals surface area contributed by atoms with Crippen molar-refractivity contribution < 1.29 is 0 Å². The quantitative estimate of drug-likeness (QED) is 0.766. The summed E-state index contributed by atoms with van der Waals surface area (Å²) in [5.41, 5.74) is 4.77. The van der Waals surface area contributed by atoms with Gasteiger partial charge in [-0.05, 0) is 25.8 Å². The Kier molecular flexibility index (Phi) is 3.97. The summed E-state index contributed by atoms with van der Waals surface area (Å²) in [5.74, 6) is 0. The van der Waals surface area contributed by atoms with E-state index in [4.69, 9.17) is 0 Å². The number of H-pyrrole nitrogens is 1. The smallest absolute Gasteiger partial charge is 0.0923 e. The average molecular weight is 228 g/mol. The number of nitrogens with zero attached hydrogens (tertiary/aromatic N) is 1. The third-order valence-electron chi connectivity index (χ3n) is 3.03. The average Bonchev–Trinajstić information content (AvgIpc) is 2.79. The molecule has 0 spiro atoms. The standard InChI is InChI=1S/C15H20N2/c1-3-4-5-6-14-11-15(17-16-14)13-9-7-12(2)8-10-13/h7-11H,3-6H2,1-2H3,(H,16,17). The molecule has 2 nitrogen and oxygen atoms in total. The van der Waals surface area contributed by atoms with Gasteiger partial charge in [0.15, 0.2) is 0 Å². The number of benzene rings is 1. The highest BCUT2D eigenvalue weighted by atomic mass is 15.1. The third-order valence-corrected chi connectivity index (χ3v) is 3.03. The maximum atomic E-state index is 4.37. The number of rotatable bonds is 5. The van der Waals surface area contributed by atoms with E-state index in [1.807, 2.05) is 0 Å². The largest absolute Gasteiger partial charge is 0.282 e. The zero-order valence-corrected chi connectivity index (χ0v) is 10.7. The van der Waals surface area contributed by atoms with E-state index < -0.39 is 0 Å². The fourth-order valence-electron chi connectivity index (χ4n) is 1.93. The van der Waals surface area contributed by atoms with Gasteiger partial charge in [-0.1, -0.05) is 49.6 Å². The van der Waals surface area contributed by atoms with Crippen molar-refractivity contribution in [2.75, 3.05) is 0 Å². The summed E-state index contributed by atoms with van der Waals surface area (Å²) in [7, 11) is 0. The molecule has 0 unspecified atom stereocenters. The van der Waals surface area contributed by atoms with Crippen LogP contribution in [0.25, 0.3) is 11.3 Å². The molecule has 1 heterocycles. The van der Waals surface area contributed by atoms with Crippen LogP contribution in [-0.2, 0) is 6.42 Å². The Labute approximate surface area is 103 Å². The van der Waals surface area contributed by atoms with Crippen LogP contribution in [0.5, 0.6) is 0 Å². The molecule has 17 heavy (non-hydrogen) atoms. The van der Waals surface area contributed by atoms with Crippen LogP contribution >= 0.6 is 0 Å². The lowest BCUT2D eigenvalue weighted by Gasteiger charge is -1.96. The number of aromatic nitrogens is 2. The Bertz CT molecular complexity index is 454. The van der Waals surface area contributed by atoms with Crippen molar-refractivity contribution in [1.82, 2.24) is 10.2 Å². The van der Waals surface area contributed by atoms with E-state index in [1.165, 1.54) is 36.1 Å². The number of hydrogen-bond acceptors (Lipinski definition) is 1. The Hall–Kier alpha value is -1.57. The third kappa shape index (κ3) is 3.19. The second kappa shape index (κ2) is 5.67. The second-order valence-electron chi connectivity index (χ2n) is 4.60. The van der Waals surface area contributed by atoms with Crippen molar-refractivity contribution >= 4 is 0 Å². The molecule has 0 amide bonds. The lowest BCUT2D eigenvalue weighted by molar-refractivity contribution is 0.705. The molecule has 90 valence electrons. The highest BCUT2D eigenvalue weighted by Crippen LogP contribution is 2.18. The topological polar surface area (TPSA) is 28.7 Å². The molecular formula is C15H20N2. The first-order valence-corrected chi connectivity index (χ1v) is 6.41. The zero-order valence-electron chi connectivity index (χ0n) is 10.7.